The van der Waals surface area contributed by atoms with Crippen molar-refractivity contribution in [1.82, 2.24) is 15.6 Å². The minimum atomic E-state index is 0. The van der Waals surface area contributed by atoms with Crippen molar-refractivity contribution in [2.45, 2.75) is 19.0 Å². The highest BCUT2D eigenvalue weighted by Crippen LogP contribution is 2.20. The van der Waals surface area contributed by atoms with Crippen molar-refractivity contribution in [2.24, 2.45) is 4.99 Å². The Morgan fingerprint density at radius 3 is 2.67 bits per heavy atom. The summed E-state index contributed by atoms with van der Waals surface area (Å²) in [7, 11) is 1.82. The SMILES string of the molecule is CN=C(NCc1cccnc1N1CCOCC1)NC1CCN(c2ccccc2)C1.I. The number of hydrogen-bond acceptors (Lipinski definition) is 5. The Bertz CT molecular complexity index is 812. The van der Waals surface area contributed by atoms with Crippen molar-refractivity contribution in [3.63, 3.8) is 0 Å². The number of nitrogens with one attached hydrogen (secondary N) is 2. The fourth-order valence-electron chi connectivity index (χ4n) is 3.95. The van der Waals surface area contributed by atoms with E-state index in [1.54, 1.807) is 0 Å². The molecule has 0 bridgehead atoms. The molecule has 2 saturated heterocycles. The standard InChI is InChI=1S/C22H30N6O.HI/c1-23-22(26-19-9-11-28(17-19)20-7-3-2-4-8-20)25-16-18-6-5-10-24-21(18)27-12-14-29-15-13-27;/h2-8,10,19H,9,11-17H2,1H3,(H2,23,25,26);1H. The highest BCUT2D eigenvalue weighted by atomic mass is 127. The van der Waals surface area contributed by atoms with Crippen molar-refractivity contribution in [1.29, 1.82) is 0 Å². The molecule has 0 amide bonds. The molecular weight excluding hydrogens is 491 g/mol. The summed E-state index contributed by atoms with van der Waals surface area (Å²) in [5.74, 6) is 1.87. The number of ether oxygens (including phenoxy) is 1. The van der Waals surface area contributed by atoms with Crippen molar-refractivity contribution >= 4 is 41.4 Å². The number of anilines is 2. The van der Waals surface area contributed by atoms with Gasteiger partial charge in [0.05, 0.1) is 13.2 Å². The Balaban J connectivity index is 0.00000256. The molecule has 0 spiro atoms. The smallest absolute Gasteiger partial charge is 0.191 e. The van der Waals surface area contributed by atoms with E-state index in [1.165, 1.54) is 11.3 Å². The van der Waals surface area contributed by atoms with Gasteiger partial charge in [-0.2, -0.15) is 0 Å². The van der Waals surface area contributed by atoms with Crippen LogP contribution in [0.4, 0.5) is 11.5 Å². The van der Waals surface area contributed by atoms with Crippen molar-refractivity contribution < 1.29 is 4.74 Å². The number of pyridine rings is 1. The molecular formula is C22H31IN6O. The van der Waals surface area contributed by atoms with Gasteiger partial charge in [0.1, 0.15) is 5.82 Å². The lowest BCUT2D eigenvalue weighted by Crippen LogP contribution is -2.44. The van der Waals surface area contributed by atoms with Gasteiger partial charge in [0.2, 0.25) is 0 Å². The van der Waals surface area contributed by atoms with Crippen LogP contribution in [0.25, 0.3) is 0 Å². The highest BCUT2D eigenvalue weighted by Gasteiger charge is 2.23. The van der Waals surface area contributed by atoms with Crippen LogP contribution in [0, 0.1) is 0 Å². The Morgan fingerprint density at radius 2 is 1.90 bits per heavy atom. The second kappa shape index (κ2) is 11.4. The van der Waals surface area contributed by atoms with Crippen LogP contribution in [0.5, 0.6) is 0 Å². The van der Waals surface area contributed by atoms with Crippen LogP contribution in [-0.2, 0) is 11.3 Å². The molecule has 1 unspecified atom stereocenters. The molecule has 0 aliphatic carbocycles. The first-order valence-electron chi connectivity index (χ1n) is 10.4. The summed E-state index contributed by atoms with van der Waals surface area (Å²) < 4.78 is 5.47. The largest absolute Gasteiger partial charge is 0.378 e. The molecule has 3 heterocycles. The minimum Gasteiger partial charge on any atom is -0.378 e. The van der Waals surface area contributed by atoms with E-state index >= 15 is 0 Å². The zero-order valence-electron chi connectivity index (χ0n) is 17.5. The van der Waals surface area contributed by atoms with E-state index in [2.05, 4.69) is 66.8 Å². The first kappa shape index (κ1) is 22.6. The number of aromatic nitrogens is 1. The number of nitrogens with zero attached hydrogens (tertiary/aromatic N) is 4. The summed E-state index contributed by atoms with van der Waals surface area (Å²) in [5, 5.41) is 7.05. The maximum absolute atomic E-state index is 5.47. The number of halogens is 1. The molecule has 2 N–H and O–H groups in total. The normalized spacial score (nSPS) is 19.4. The van der Waals surface area contributed by atoms with Crippen LogP contribution in [0.15, 0.2) is 53.7 Å². The second-order valence-electron chi connectivity index (χ2n) is 7.42. The molecule has 4 rings (SSSR count). The molecule has 2 aliphatic heterocycles. The monoisotopic (exact) mass is 522 g/mol. The van der Waals surface area contributed by atoms with Gasteiger partial charge in [-0.1, -0.05) is 24.3 Å². The van der Waals surface area contributed by atoms with Crippen LogP contribution in [-0.4, -0.2) is 63.4 Å². The minimum absolute atomic E-state index is 0. The Hall–Kier alpha value is -2.07. The van der Waals surface area contributed by atoms with Gasteiger partial charge in [-0.25, -0.2) is 4.98 Å². The number of aliphatic imine (C=N–C) groups is 1. The molecule has 1 aromatic heterocycles. The van der Waals surface area contributed by atoms with Crippen LogP contribution in [0.2, 0.25) is 0 Å². The highest BCUT2D eigenvalue weighted by molar-refractivity contribution is 14.0. The average molecular weight is 522 g/mol. The maximum Gasteiger partial charge on any atom is 0.191 e. The molecule has 1 atom stereocenters. The van der Waals surface area contributed by atoms with E-state index in [0.29, 0.717) is 12.6 Å². The van der Waals surface area contributed by atoms with Crippen LogP contribution >= 0.6 is 24.0 Å². The van der Waals surface area contributed by atoms with Crippen molar-refractivity contribution in [3.8, 4) is 0 Å². The Labute approximate surface area is 195 Å². The first-order valence-corrected chi connectivity index (χ1v) is 10.4. The first-order chi connectivity index (χ1) is 14.3. The molecule has 162 valence electrons. The molecule has 8 heteroatoms. The van der Waals surface area contributed by atoms with Gasteiger partial charge in [-0.05, 0) is 24.6 Å². The van der Waals surface area contributed by atoms with Crippen LogP contribution in [0.1, 0.15) is 12.0 Å². The number of guanidine groups is 1. The van der Waals surface area contributed by atoms with Gasteiger partial charge in [0, 0.05) is 63.3 Å². The predicted octanol–water partition coefficient (Wildman–Crippen LogP) is 2.48. The lowest BCUT2D eigenvalue weighted by Gasteiger charge is -2.29. The van der Waals surface area contributed by atoms with Gasteiger partial charge in [-0.15, -0.1) is 24.0 Å². The number of para-hydroxylation sites is 1. The summed E-state index contributed by atoms with van der Waals surface area (Å²) in [4.78, 5) is 13.8. The van der Waals surface area contributed by atoms with Crippen LogP contribution in [0.3, 0.4) is 0 Å². The molecule has 0 radical (unpaired) electrons. The molecule has 30 heavy (non-hydrogen) atoms. The molecule has 2 fully saturated rings. The van der Waals surface area contributed by atoms with Gasteiger partial charge in [0.15, 0.2) is 5.96 Å². The third-order valence-electron chi connectivity index (χ3n) is 5.50. The number of benzene rings is 1. The number of rotatable bonds is 5. The second-order valence-corrected chi connectivity index (χ2v) is 7.42. The fraction of sp³-hybridized carbons (Fsp3) is 0.455. The van der Waals surface area contributed by atoms with E-state index in [0.717, 1.165) is 57.6 Å². The molecule has 2 aliphatic rings. The molecule has 1 aromatic carbocycles. The lowest BCUT2D eigenvalue weighted by atomic mass is 10.2. The summed E-state index contributed by atoms with van der Waals surface area (Å²) in [6.45, 7) is 6.01. The third kappa shape index (κ3) is 5.75. The van der Waals surface area contributed by atoms with Gasteiger partial charge < -0.3 is 25.2 Å². The van der Waals surface area contributed by atoms with Gasteiger partial charge in [0.25, 0.3) is 0 Å². The summed E-state index contributed by atoms with van der Waals surface area (Å²) in [6.07, 6.45) is 2.96. The number of hydrogen-bond donors (Lipinski definition) is 2. The van der Waals surface area contributed by atoms with E-state index in [9.17, 15) is 0 Å². The van der Waals surface area contributed by atoms with Crippen molar-refractivity contribution in [2.75, 3.05) is 56.2 Å². The van der Waals surface area contributed by atoms with E-state index in [1.807, 2.05) is 19.3 Å². The summed E-state index contributed by atoms with van der Waals surface area (Å²) in [6, 6.07) is 15.1. The van der Waals surface area contributed by atoms with E-state index in [4.69, 9.17) is 4.74 Å². The summed E-state index contributed by atoms with van der Waals surface area (Å²) in [5.41, 5.74) is 2.46. The molecule has 2 aromatic rings. The van der Waals surface area contributed by atoms with Gasteiger partial charge >= 0.3 is 0 Å². The zero-order valence-corrected chi connectivity index (χ0v) is 19.8. The Morgan fingerprint density at radius 1 is 1.10 bits per heavy atom. The maximum atomic E-state index is 5.47. The third-order valence-corrected chi connectivity index (χ3v) is 5.50. The fourth-order valence-corrected chi connectivity index (χ4v) is 3.95. The quantitative estimate of drug-likeness (QED) is 0.358. The molecule has 0 saturated carbocycles. The zero-order chi connectivity index (χ0) is 19.9. The molecule has 7 nitrogen and oxygen atoms in total. The van der Waals surface area contributed by atoms with E-state index in [-0.39, 0.29) is 24.0 Å². The van der Waals surface area contributed by atoms with Crippen LogP contribution < -0.4 is 20.4 Å². The topological polar surface area (TPSA) is 65.0 Å². The summed E-state index contributed by atoms with van der Waals surface area (Å²) >= 11 is 0. The Kier molecular flexibility index (Phi) is 8.56. The lowest BCUT2D eigenvalue weighted by molar-refractivity contribution is 0.122. The van der Waals surface area contributed by atoms with Gasteiger partial charge in [-0.3, -0.25) is 4.99 Å². The number of morpholine rings is 1. The predicted molar refractivity (Wildman–Crippen MR) is 133 cm³/mol. The van der Waals surface area contributed by atoms with Crippen molar-refractivity contribution in [3.05, 3.63) is 54.2 Å². The average Bonchev–Trinajstić information content (AvgIpc) is 3.26. The van der Waals surface area contributed by atoms with E-state index < -0.39 is 0 Å².